The van der Waals surface area contributed by atoms with Crippen molar-refractivity contribution < 1.29 is 18.0 Å². The third-order valence-electron chi connectivity index (χ3n) is 11.3. The van der Waals surface area contributed by atoms with Crippen LogP contribution in [0.2, 0.25) is 0 Å². The van der Waals surface area contributed by atoms with Gasteiger partial charge in [-0.3, -0.25) is 14.5 Å². The molecule has 2 aliphatic heterocycles. The average Bonchev–Trinajstić information content (AvgIpc) is 3.68. The molecule has 3 saturated carbocycles. The highest BCUT2D eigenvalue weighted by atomic mass is 32.1. The molecule has 1 saturated heterocycles. The SMILES string of the molecule is C=C(C)/C(=C\C=C1/CC=C(C#N)N1CC12CC(NC(=O)c3cccc(=O)[nH]3)(C1)[C@H]2C)CN1CCC(Nc2ncnc3sc(CC(F)(F)F)cc23)CC1. The number of carbonyl (C=O) groups is 1. The highest BCUT2D eigenvalue weighted by Gasteiger charge is 2.74. The van der Waals surface area contributed by atoms with Crippen molar-refractivity contribution in [3.63, 3.8) is 0 Å². The molecule has 0 aromatic carbocycles. The normalized spacial score (nSPS) is 25.7. The number of likely N-dealkylation sites (tertiary alicyclic amines) is 1. The van der Waals surface area contributed by atoms with Crippen LogP contribution < -0.4 is 16.2 Å². The van der Waals surface area contributed by atoms with Crippen LogP contribution in [0, 0.1) is 22.7 Å². The zero-order valence-corrected chi connectivity index (χ0v) is 30.0. The molecule has 5 aliphatic rings. The number of halogens is 3. The van der Waals surface area contributed by atoms with Crippen molar-refractivity contribution in [1.82, 2.24) is 30.1 Å². The highest BCUT2D eigenvalue weighted by Crippen LogP contribution is 2.71. The van der Waals surface area contributed by atoms with E-state index in [-0.39, 0.29) is 45.0 Å². The number of thiophene rings is 1. The van der Waals surface area contributed by atoms with Gasteiger partial charge in [0.1, 0.15) is 34.4 Å². The van der Waals surface area contributed by atoms with Crippen LogP contribution in [0.1, 0.15) is 61.3 Å². The number of rotatable bonds is 11. The second kappa shape index (κ2) is 13.7. The minimum atomic E-state index is -4.27. The van der Waals surface area contributed by atoms with E-state index in [4.69, 9.17) is 0 Å². The summed E-state index contributed by atoms with van der Waals surface area (Å²) in [6.45, 7) is 11.5. The second-order valence-corrected chi connectivity index (χ2v) is 15.9. The Morgan fingerprint density at radius 3 is 2.69 bits per heavy atom. The first-order chi connectivity index (χ1) is 24.8. The maximum absolute atomic E-state index is 13.0. The number of hydrogen-bond acceptors (Lipinski definition) is 9. The smallest absolute Gasteiger partial charge is 0.367 e. The standard InChI is InChI=1S/C38H41F3N8O2S/c1-23(2)25(18-48-13-11-26(12-14-48)45-33-30-15-29(16-38(39,40)41)52-35(30)44-22-43-33)7-8-27-9-10-28(17-42)49(27)21-36-19-37(20-36,24(36)3)47-34(51)31-5-4-6-32(50)46-31/h4-8,10,15,22,24,26H,1,9,11-14,16,18-21H2,2-3H3,(H,46,50)(H,47,51)(H,43,44,45)/b25-7-,27-8+/t24-,36?,37?/m0/s1. The van der Waals surface area contributed by atoms with Crippen molar-refractivity contribution in [2.24, 2.45) is 11.3 Å². The Hall–Kier alpha value is -4.74. The molecule has 14 heteroatoms. The molecule has 3 N–H and O–H groups in total. The van der Waals surface area contributed by atoms with Crippen LogP contribution in [-0.4, -0.2) is 74.6 Å². The molecule has 3 aromatic heterocycles. The molecule has 5 heterocycles. The molecule has 1 amide bonds. The Morgan fingerprint density at radius 2 is 2.02 bits per heavy atom. The maximum Gasteiger partial charge on any atom is 0.393 e. The molecule has 8 rings (SSSR count). The summed E-state index contributed by atoms with van der Waals surface area (Å²) < 4.78 is 38.9. The van der Waals surface area contributed by atoms with Gasteiger partial charge in [-0.15, -0.1) is 11.3 Å². The van der Waals surface area contributed by atoms with Gasteiger partial charge in [0.2, 0.25) is 5.56 Å². The van der Waals surface area contributed by atoms with Gasteiger partial charge in [-0.2, -0.15) is 18.4 Å². The number of amides is 1. The summed E-state index contributed by atoms with van der Waals surface area (Å²) in [5.41, 5.74) is 3.40. The lowest BCUT2D eigenvalue weighted by molar-refractivity contribution is -0.219. The van der Waals surface area contributed by atoms with Crippen LogP contribution in [0.25, 0.3) is 10.2 Å². The molecular weight excluding hydrogens is 690 g/mol. The number of H-pyrrole nitrogens is 1. The predicted molar refractivity (Wildman–Crippen MR) is 194 cm³/mol. The Morgan fingerprint density at radius 1 is 1.25 bits per heavy atom. The van der Waals surface area contributed by atoms with Gasteiger partial charge in [0.15, 0.2) is 0 Å². The molecule has 2 bridgehead atoms. The molecule has 3 aromatic rings. The number of nitriles is 1. The van der Waals surface area contributed by atoms with E-state index in [1.165, 1.54) is 12.4 Å². The molecule has 1 atom stereocenters. The summed E-state index contributed by atoms with van der Waals surface area (Å²) in [4.78, 5) is 41.0. The zero-order valence-electron chi connectivity index (χ0n) is 29.1. The lowest BCUT2D eigenvalue weighted by atomic mass is 9.33. The van der Waals surface area contributed by atoms with Gasteiger partial charge in [-0.1, -0.05) is 31.2 Å². The topological polar surface area (TPSA) is 130 Å². The van der Waals surface area contributed by atoms with Crippen LogP contribution in [0.15, 0.2) is 82.7 Å². The van der Waals surface area contributed by atoms with Gasteiger partial charge in [0.25, 0.3) is 5.91 Å². The summed E-state index contributed by atoms with van der Waals surface area (Å²) in [5.74, 6) is 0.520. The molecular formula is C38H41F3N8O2S. The van der Waals surface area contributed by atoms with E-state index in [0.717, 1.165) is 73.5 Å². The van der Waals surface area contributed by atoms with Gasteiger partial charge in [-0.25, -0.2) is 9.97 Å². The first-order valence-corrected chi connectivity index (χ1v) is 18.3. The number of aromatic nitrogens is 3. The summed E-state index contributed by atoms with van der Waals surface area (Å²) in [6.07, 6.45) is 6.33. The van der Waals surface area contributed by atoms with Gasteiger partial charge < -0.3 is 20.5 Å². The monoisotopic (exact) mass is 730 g/mol. The number of alkyl halides is 3. The van der Waals surface area contributed by atoms with Gasteiger partial charge in [-0.05, 0) is 73.8 Å². The number of nitrogens with one attached hydrogen (secondary N) is 3. The third kappa shape index (κ3) is 7.04. The number of anilines is 1. The maximum atomic E-state index is 13.0. The van der Waals surface area contributed by atoms with Crippen LogP contribution in [0.4, 0.5) is 19.0 Å². The summed E-state index contributed by atoms with van der Waals surface area (Å²) in [5, 5.41) is 17.2. The van der Waals surface area contributed by atoms with Crippen molar-refractivity contribution in [2.75, 3.05) is 31.5 Å². The fourth-order valence-corrected chi connectivity index (χ4v) is 9.33. The average molecular weight is 731 g/mol. The number of aromatic amines is 1. The Bertz CT molecular complexity index is 2090. The minimum Gasteiger partial charge on any atom is -0.367 e. The quantitative estimate of drug-likeness (QED) is 0.192. The zero-order chi connectivity index (χ0) is 36.8. The summed E-state index contributed by atoms with van der Waals surface area (Å²) in [7, 11) is 0. The van der Waals surface area contributed by atoms with Crippen molar-refractivity contribution in [2.45, 2.75) is 70.1 Å². The molecule has 3 aliphatic carbocycles. The van der Waals surface area contributed by atoms with E-state index < -0.39 is 12.6 Å². The molecule has 0 radical (unpaired) electrons. The Kier molecular flexibility index (Phi) is 9.37. The summed E-state index contributed by atoms with van der Waals surface area (Å²) >= 11 is 1.05. The van der Waals surface area contributed by atoms with E-state index in [1.54, 1.807) is 18.2 Å². The highest BCUT2D eigenvalue weighted by molar-refractivity contribution is 7.18. The van der Waals surface area contributed by atoms with Crippen LogP contribution in [0.3, 0.4) is 0 Å². The molecule has 0 spiro atoms. The van der Waals surface area contributed by atoms with Crippen molar-refractivity contribution in [1.29, 1.82) is 5.26 Å². The molecule has 272 valence electrons. The number of hydrogen-bond donors (Lipinski definition) is 3. The van der Waals surface area contributed by atoms with Gasteiger partial charge in [0, 0.05) is 60.8 Å². The van der Waals surface area contributed by atoms with Gasteiger partial charge in [0.05, 0.1) is 11.8 Å². The van der Waals surface area contributed by atoms with E-state index in [2.05, 4.69) is 67.1 Å². The Labute approximate surface area is 303 Å². The lowest BCUT2D eigenvalue weighted by Crippen LogP contribution is -2.82. The number of allylic oxidation sites excluding steroid dienone is 4. The Balaban J connectivity index is 0.955. The fraction of sp³-hybridized carbons (Fsp3) is 0.447. The number of nitrogens with zero attached hydrogens (tertiary/aromatic N) is 5. The van der Waals surface area contributed by atoms with Crippen LogP contribution >= 0.6 is 11.3 Å². The number of fused-ring (bicyclic) bond motifs is 1. The first kappa shape index (κ1) is 35.7. The lowest BCUT2D eigenvalue weighted by Gasteiger charge is -2.76. The largest absolute Gasteiger partial charge is 0.393 e. The molecule has 4 fully saturated rings. The van der Waals surface area contributed by atoms with E-state index >= 15 is 0 Å². The number of carbonyl (C=O) groups excluding carboxylic acids is 1. The first-order valence-electron chi connectivity index (χ1n) is 17.5. The van der Waals surface area contributed by atoms with E-state index in [9.17, 15) is 28.0 Å². The van der Waals surface area contributed by atoms with E-state index in [1.807, 2.05) is 13.0 Å². The van der Waals surface area contributed by atoms with Crippen molar-refractivity contribution in [3.05, 3.63) is 98.9 Å². The number of piperidine rings is 1. The second-order valence-electron chi connectivity index (χ2n) is 14.7. The van der Waals surface area contributed by atoms with Crippen LogP contribution in [0.5, 0.6) is 0 Å². The van der Waals surface area contributed by atoms with Crippen molar-refractivity contribution in [3.8, 4) is 6.07 Å². The van der Waals surface area contributed by atoms with Crippen LogP contribution in [-0.2, 0) is 6.42 Å². The molecule has 52 heavy (non-hydrogen) atoms. The third-order valence-corrected chi connectivity index (χ3v) is 12.3. The summed E-state index contributed by atoms with van der Waals surface area (Å²) in [6, 6.07) is 8.61. The molecule has 0 unspecified atom stereocenters. The molecule has 10 nitrogen and oxygen atoms in total. The predicted octanol–water partition coefficient (Wildman–Crippen LogP) is 6.46. The fourth-order valence-electron chi connectivity index (χ4n) is 8.30. The minimum absolute atomic E-state index is 0.0115. The number of pyridine rings is 1. The van der Waals surface area contributed by atoms with E-state index in [0.29, 0.717) is 34.7 Å². The van der Waals surface area contributed by atoms with Gasteiger partial charge >= 0.3 is 6.18 Å². The van der Waals surface area contributed by atoms with Crippen molar-refractivity contribution >= 4 is 33.3 Å².